The molecule has 0 bridgehead atoms. The van der Waals surface area contributed by atoms with Crippen molar-refractivity contribution in [3.8, 4) is 0 Å². The molecule has 0 spiro atoms. The molecule has 3 atom stereocenters. The molecule has 2 rings (SSSR count). The van der Waals surface area contributed by atoms with E-state index in [1.54, 1.807) is 4.90 Å². The number of nitrogens with zero attached hydrogens (tertiary/aromatic N) is 1. The Bertz CT molecular complexity index is 366. The average Bonchev–Trinajstić information content (AvgIpc) is 2.66. The summed E-state index contributed by atoms with van der Waals surface area (Å²) in [7, 11) is 1.33. The zero-order valence-electron chi connectivity index (χ0n) is 10.1. The van der Waals surface area contributed by atoms with Gasteiger partial charge in [-0.15, -0.1) is 0 Å². The van der Waals surface area contributed by atoms with E-state index in [0.717, 1.165) is 6.42 Å². The summed E-state index contributed by atoms with van der Waals surface area (Å²) in [6.07, 6.45) is 2.36. The molecule has 0 radical (unpaired) electrons. The molecule has 17 heavy (non-hydrogen) atoms. The van der Waals surface area contributed by atoms with E-state index >= 15 is 0 Å². The molecule has 94 valence electrons. The molecule has 0 aromatic rings. The van der Waals surface area contributed by atoms with Crippen molar-refractivity contribution >= 4 is 17.7 Å². The van der Waals surface area contributed by atoms with E-state index in [-0.39, 0.29) is 29.6 Å². The highest BCUT2D eigenvalue weighted by atomic mass is 16.5. The zero-order chi connectivity index (χ0) is 12.6. The lowest BCUT2D eigenvalue weighted by molar-refractivity contribution is -0.152. The molecular weight excluding hydrogens is 222 g/mol. The summed E-state index contributed by atoms with van der Waals surface area (Å²) < 4.78 is 4.73. The third-order valence-electron chi connectivity index (χ3n) is 3.83. The Morgan fingerprint density at radius 3 is 2.71 bits per heavy atom. The number of methoxy groups -OCH3 is 1. The lowest BCUT2D eigenvalue weighted by atomic mass is 9.84. The van der Waals surface area contributed by atoms with Gasteiger partial charge in [0.25, 0.3) is 0 Å². The topological polar surface area (TPSA) is 63.7 Å². The summed E-state index contributed by atoms with van der Waals surface area (Å²) in [6.45, 7) is 1.44. The summed E-state index contributed by atoms with van der Waals surface area (Å²) in [5, 5.41) is 0. The number of Topliss-reactive ketones (excluding diaryl/α,β-unsaturated/α-hetero) is 1. The number of likely N-dealkylation sites (tertiary alicyclic amines) is 1. The predicted octanol–water partition coefficient (Wildman–Crippen LogP) is 0.518. The van der Waals surface area contributed by atoms with Crippen molar-refractivity contribution < 1.29 is 19.1 Å². The molecule has 0 aromatic heterocycles. The first-order valence-electron chi connectivity index (χ1n) is 5.93. The number of carbonyl (C=O) groups is 3. The van der Waals surface area contributed by atoms with E-state index in [2.05, 4.69) is 0 Å². The van der Waals surface area contributed by atoms with E-state index in [0.29, 0.717) is 19.3 Å². The maximum absolute atomic E-state index is 11.7. The third-order valence-corrected chi connectivity index (χ3v) is 3.83. The van der Waals surface area contributed by atoms with Gasteiger partial charge in [-0.2, -0.15) is 0 Å². The van der Waals surface area contributed by atoms with Crippen LogP contribution in [-0.2, 0) is 19.1 Å². The van der Waals surface area contributed by atoms with Crippen LogP contribution in [0.25, 0.3) is 0 Å². The average molecular weight is 239 g/mol. The van der Waals surface area contributed by atoms with E-state index in [1.165, 1.54) is 14.0 Å². The number of carbonyl (C=O) groups excluding carboxylic acids is 3. The first-order chi connectivity index (χ1) is 8.04. The number of ketones is 1. The van der Waals surface area contributed by atoms with Crippen LogP contribution in [0.2, 0.25) is 0 Å². The van der Waals surface area contributed by atoms with E-state index < -0.39 is 6.04 Å². The second-order valence-corrected chi connectivity index (χ2v) is 4.81. The maximum atomic E-state index is 11.7. The van der Waals surface area contributed by atoms with Crippen LogP contribution in [-0.4, -0.2) is 41.8 Å². The number of esters is 1. The fraction of sp³-hybridized carbons (Fsp3) is 0.750. The number of hydrogen-bond donors (Lipinski definition) is 0. The van der Waals surface area contributed by atoms with Crippen molar-refractivity contribution in [1.29, 1.82) is 0 Å². The van der Waals surface area contributed by atoms with Gasteiger partial charge >= 0.3 is 5.97 Å². The van der Waals surface area contributed by atoms with Gasteiger partial charge in [-0.25, -0.2) is 4.79 Å². The van der Waals surface area contributed by atoms with E-state index in [1.807, 2.05) is 0 Å². The van der Waals surface area contributed by atoms with Crippen LogP contribution in [0.15, 0.2) is 0 Å². The van der Waals surface area contributed by atoms with Gasteiger partial charge in [-0.1, -0.05) is 0 Å². The number of fused-ring (bicyclic) bond motifs is 1. The van der Waals surface area contributed by atoms with Crippen LogP contribution in [0, 0.1) is 5.92 Å². The fourth-order valence-electron chi connectivity index (χ4n) is 3.07. The van der Waals surface area contributed by atoms with Crippen LogP contribution in [0.4, 0.5) is 0 Å². The largest absolute Gasteiger partial charge is 0.467 e. The number of rotatable bonds is 1. The summed E-state index contributed by atoms with van der Waals surface area (Å²) in [6, 6.07) is -0.601. The Labute approximate surface area is 100 Å². The SMILES string of the molecule is COC(=O)C1CC2CCC(=O)CC2N1C(C)=O. The van der Waals surface area contributed by atoms with Gasteiger partial charge in [0.1, 0.15) is 11.8 Å². The lowest BCUT2D eigenvalue weighted by Gasteiger charge is -2.31. The van der Waals surface area contributed by atoms with Gasteiger partial charge in [-0.05, 0) is 18.8 Å². The van der Waals surface area contributed by atoms with Crippen molar-refractivity contribution in [3.63, 3.8) is 0 Å². The molecule has 1 aliphatic heterocycles. The van der Waals surface area contributed by atoms with Gasteiger partial charge in [0.05, 0.1) is 7.11 Å². The van der Waals surface area contributed by atoms with Crippen LogP contribution in [0.1, 0.15) is 32.6 Å². The quantitative estimate of drug-likeness (QED) is 0.626. The highest BCUT2D eigenvalue weighted by Gasteiger charge is 2.48. The van der Waals surface area contributed by atoms with Gasteiger partial charge in [0.15, 0.2) is 0 Å². The van der Waals surface area contributed by atoms with E-state index in [9.17, 15) is 14.4 Å². The van der Waals surface area contributed by atoms with E-state index in [4.69, 9.17) is 4.74 Å². The molecule has 5 nitrogen and oxygen atoms in total. The third kappa shape index (κ3) is 2.06. The zero-order valence-corrected chi connectivity index (χ0v) is 10.1. The summed E-state index contributed by atoms with van der Waals surface area (Å²) in [4.78, 5) is 36.3. The molecule has 2 aliphatic rings. The predicted molar refractivity (Wildman–Crippen MR) is 59.1 cm³/mol. The van der Waals surface area contributed by atoms with Crippen molar-refractivity contribution in [2.24, 2.45) is 5.92 Å². The maximum Gasteiger partial charge on any atom is 0.328 e. The molecular formula is C12H17NO4. The number of ether oxygens (including phenoxy) is 1. The van der Waals surface area contributed by atoms with Crippen molar-refractivity contribution in [1.82, 2.24) is 4.90 Å². The molecule has 3 unspecified atom stereocenters. The monoisotopic (exact) mass is 239 g/mol. The molecule has 0 N–H and O–H groups in total. The van der Waals surface area contributed by atoms with Crippen molar-refractivity contribution in [2.45, 2.75) is 44.7 Å². The van der Waals surface area contributed by atoms with Crippen molar-refractivity contribution in [3.05, 3.63) is 0 Å². The Morgan fingerprint density at radius 2 is 2.12 bits per heavy atom. The molecule has 1 amide bonds. The first-order valence-corrected chi connectivity index (χ1v) is 5.93. The Kier molecular flexibility index (Phi) is 3.17. The van der Waals surface area contributed by atoms with Crippen LogP contribution < -0.4 is 0 Å². The summed E-state index contributed by atoms with van der Waals surface area (Å²) in [5.74, 6) is -0.0756. The smallest absolute Gasteiger partial charge is 0.328 e. The number of amides is 1. The van der Waals surface area contributed by atoms with Gasteiger partial charge in [0.2, 0.25) is 5.91 Å². The van der Waals surface area contributed by atoms with Gasteiger partial charge in [0, 0.05) is 25.8 Å². The fourth-order valence-corrected chi connectivity index (χ4v) is 3.07. The molecule has 1 aliphatic carbocycles. The summed E-state index contributed by atoms with van der Waals surface area (Å²) in [5.41, 5.74) is 0. The standard InChI is InChI=1S/C12H17NO4/c1-7(14)13-10-6-9(15)4-3-8(10)5-11(13)12(16)17-2/h8,10-11H,3-6H2,1-2H3. The van der Waals surface area contributed by atoms with Gasteiger partial charge < -0.3 is 9.64 Å². The Morgan fingerprint density at radius 1 is 1.41 bits per heavy atom. The molecule has 1 heterocycles. The molecule has 1 saturated heterocycles. The highest BCUT2D eigenvalue weighted by Crippen LogP contribution is 2.38. The Hall–Kier alpha value is -1.39. The minimum Gasteiger partial charge on any atom is -0.467 e. The minimum atomic E-state index is -0.501. The first kappa shape index (κ1) is 12.1. The molecule has 2 fully saturated rings. The molecule has 1 saturated carbocycles. The lowest BCUT2D eigenvalue weighted by Crippen LogP contribution is -2.46. The Balaban J connectivity index is 2.23. The molecule has 5 heteroatoms. The molecule has 0 aromatic carbocycles. The highest BCUT2D eigenvalue weighted by molar-refractivity contribution is 5.86. The minimum absolute atomic E-state index is 0.0992. The summed E-state index contributed by atoms with van der Waals surface area (Å²) >= 11 is 0. The number of hydrogen-bond acceptors (Lipinski definition) is 4. The second-order valence-electron chi connectivity index (χ2n) is 4.81. The van der Waals surface area contributed by atoms with Gasteiger partial charge in [-0.3, -0.25) is 9.59 Å². The van der Waals surface area contributed by atoms with Crippen molar-refractivity contribution in [2.75, 3.05) is 7.11 Å². The van der Waals surface area contributed by atoms with Crippen LogP contribution >= 0.6 is 0 Å². The van der Waals surface area contributed by atoms with Crippen LogP contribution in [0.3, 0.4) is 0 Å². The normalized spacial score (nSPS) is 32.2. The van der Waals surface area contributed by atoms with Crippen LogP contribution in [0.5, 0.6) is 0 Å². The second kappa shape index (κ2) is 4.47.